The zero-order valence-corrected chi connectivity index (χ0v) is 19.7. The maximum Gasteiger partial charge on any atom is 0.145 e. The minimum absolute atomic E-state index is 0.966. The molecule has 0 fully saturated rings. The highest BCUT2D eigenvalue weighted by Gasteiger charge is 2.23. The number of hydrogen-bond acceptors (Lipinski definition) is 1. The molecule has 1 aliphatic carbocycles. The number of H-pyrrole nitrogens is 1. The smallest absolute Gasteiger partial charge is 0.145 e. The van der Waals surface area contributed by atoms with Crippen molar-refractivity contribution < 1.29 is 0 Å². The molecule has 3 nitrogen and oxygen atoms in total. The van der Waals surface area contributed by atoms with Gasteiger partial charge in [-0.2, -0.15) is 0 Å². The Balaban J connectivity index is 1.63. The Morgan fingerprint density at radius 1 is 0.722 bits per heavy atom. The van der Waals surface area contributed by atoms with Gasteiger partial charge in [-0.15, -0.1) is 0 Å². The van der Waals surface area contributed by atoms with Gasteiger partial charge in [0.15, 0.2) is 0 Å². The molecule has 0 aliphatic heterocycles. The van der Waals surface area contributed by atoms with Gasteiger partial charge in [-0.05, 0) is 53.6 Å². The van der Waals surface area contributed by atoms with Gasteiger partial charge in [0.05, 0.1) is 16.6 Å². The molecule has 0 saturated carbocycles. The summed E-state index contributed by atoms with van der Waals surface area (Å²) in [6, 6.07) is 34.3. The average Bonchev–Trinajstić information content (AvgIpc) is 3.53. The van der Waals surface area contributed by atoms with Crippen LogP contribution in [0.5, 0.6) is 0 Å². The van der Waals surface area contributed by atoms with Crippen molar-refractivity contribution in [2.75, 3.05) is 0 Å². The van der Waals surface area contributed by atoms with Gasteiger partial charge in [0.1, 0.15) is 5.82 Å². The number of aromatic amines is 1. The molecule has 2 heterocycles. The van der Waals surface area contributed by atoms with E-state index in [-0.39, 0.29) is 0 Å². The molecule has 7 aromatic rings. The van der Waals surface area contributed by atoms with Gasteiger partial charge in [0.25, 0.3) is 0 Å². The van der Waals surface area contributed by atoms with E-state index in [9.17, 15) is 0 Å². The van der Waals surface area contributed by atoms with E-state index in [1.807, 2.05) is 0 Å². The van der Waals surface area contributed by atoms with Crippen LogP contribution in [-0.4, -0.2) is 14.5 Å². The molecule has 36 heavy (non-hydrogen) atoms. The fourth-order valence-corrected chi connectivity index (χ4v) is 6.07. The Kier molecular flexibility index (Phi) is 4.06. The lowest BCUT2D eigenvalue weighted by Gasteiger charge is -2.16. The predicted molar refractivity (Wildman–Crippen MR) is 151 cm³/mol. The molecule has 8 rings (SSSR count). The number of nitrogens with zero attached hydrogens (tertiary/aromatic N) is 2. The number of allylic oxidation sites excluding steroid dienone is 1. The summed E-state index contributed by atoms with van der Waals surface area (Å²) in [5.74, 6) is 0.966. The van der Waals surface area contributed by atoms with E-state index in [1.165, 1.54) is 38.2 Å². The molecule has 0 unspecified atom stereocenters. The van der Waals surface area contributed by atoms with Crippen LogP contribution in [0.1, 0.15) is 17.5 Å². The number of hydrogen-bond donors (Lipinski definition) is 1. The van der Waals surface area contributed by atoms with Crippen LogP contribution < -0.4 is 0 Å². The molecular weight excluding hydrogens is 438 g/mol. The van der Waals surface area contributed by atoms with E-state index in [0.29, 0.717) is 0 Å². The van der Waals surface area contributed by atoms with Crippen molar-refractivity contribution in [1.82, 2.24) is 14.5 Å². The van der Waals surface area contributed by atoms with Crippen molar-refractivity contribution in [1.29, 1.82) is 0 Å². The van der Waals surface area contributed by atoms with Crippen LogP contribution >= 0.6 is 0 Å². The molecule has 0 saturated heterocycles. The SMILES string of the molecule is C1=Cc2c(c3c([nH]c4ccc5nc(-c6ccccc6)n(-c6ccccc6)c5c43)c3ccccc23)CC1. The van der Waals surface area contributed by atoms with Gasteiger partial charge in [-0.1, -0.05) is 84.9 Å². The van der Waals surface area contributed by atoms with Gasteiger partial charge in [-0.3, -0.25) is 4.57 Å². The Labute approximate surface area is 208 Å². The summed E-state index contributed by atoms with van der Waals surface area (Å²) >= 11 is 0. The molecule has 170 valence electrons. The second-order valence-electron chi connectivity index (χ2n) is 9.58. The summed E-state index contributed by atoms with van der Waals surface area (Å²) in [6.45, 7) is 0. The van der Waals surface area contributed by atoms with Gasteiger partial charge in [-0.25, -0.2) is 4.98 Å². The molecule has 5 aromatic carbocycles. The lowest BCUT2D eigenvalue weighted by atomic mass is 9.88. The molecule has 0 spiro atoms. The van der Waals surface area contributed by atoms with Crippen LogP contribution in [0.3, 0.4) is 0 Å². The van der Waals surface area contributed by atoms with E-state index in [2.05, 4.69) is 119 Å². The number of aryl methyl sites for hydroxylation is 1. The largest absolute Gasteiger partial charge is 0.354 e. The van der Waals surface area contributed by atoms with E-state index in [4.69, 9.17) is 4.98 Å². The van der Waals surface area contributed by atoms with Crippen LogP contribution in [0, 0.1) is 0 Å². The van der Waals surface area contributed by atoms with Crippen LogP contribution in [0.15, 0.2) is 103 Å². The van der Waals surface area contributed by atoms with Crippen molar-refractivity contribution in [3.63, 3.8) is 0 Å². The fourth-order valence-electron chi connectivity index (χ4n) is 6.07. The summed E-state index contributed by atoms with van der Waals surface area (Å²) < 4.78 is 2.35. The monoisotopic (exact) mass is 461 g/mol. The third kappa shape index (κ3) is 2.65. The van der Waals surface area contributed by atoms with Crippen molar-refractivity contribution >= 4 is 49.7 Å². The number of imidazole rings is 1. The van der Waals surface area contributed by atoms with E-state index >= 15 is 0 Å². The first kappa shape index (κ1) is 19.7. The molecule has 0 bridgehead atoms. The summed E-state index contributed by atoms with van der Waals surface area (Å²) in [4.78, 5) is 9.03. The van der Waals surface area contributed by atoms with E-state index < -0.39 is 0 Å². The molecule has 0 atom stereocenters. The minimum Gasteiger partial charge on any atom is -0.354 e. The number of benzene rings is 5. The van der Waals surface area contributed by atoms with E-state index in [0.717, 1.165) is 46.5 Å². The second-order valence-corrected chi connectivity index (χ2v) is 9.58. The summed E-state index contributed by atoms with van der Waals surface area (Å²) in [7, 11) is 0. The zero-order chi connectivity index (χ0) is 23.6. The normalized spacial score (nSPS) is 13.2. The Hall–Kier alpha value is -4.63. The van der Waals surface area contributed by atoms with Crippen molar-refractivity contribution in [2.24, 2.45) is 0 Å². The summed E-state index contributed by atoms with van der Waals surface area (Å²) in [6.07, 6.45) is 6.74. The number of nitrogens with one attached hydrogen (secondary N) is 1. The lowest BCUT2D eigenvalue weighted by Crippen LogP contribution is -1.99. The molecule has 3 heteroatoms. The Morgan fingerprint density at radius 2 is 1.47 bits per heavy atom. The highest BCUT2D eigenvalue weighted by molar-refractivity contribution is 6.26. The average molecular weight is 462 g/mol. The standard InChI is InChI=1S/C33H23N3/c1-3-11-21(12-4-1)33-35-28-20-19-27-30(32(28)36(33)22-13-5-2-6-14-22)29-25-17-9-7-15-23(25)24-16-8-10-18-26(24)31(29)34-27/h1-8,10-16,18-20,34H,9,17H2. The Morgan fingerprint density at radius 3 is 2.31 bits per heavy atom. The van der Waals surface area contributed by atoms with Gasteiger partial charge in [0.2, 0.25) is 0 Å². The van der Waals surface area contributed by atoms with Gasteiger partial charge < -0.3 is 4.98 Å². The molecule has 1 N–H and O–H groups in total. The number of para-hydroxylation sites is 1. The highest BCUT2D eigenvalue weighted by Crippen LogP contribution is 2.43. The molecular formula is C33H23N3. The first-order chi connectivity index (χ1) is 17.9. The summed E-state index contributed by atoms with van der Waals surface area (Å²) in [5.41, 5.74) is 9.58. The van der Waals surface area contributed by atoms with Gasteiger partial charge >= 0.3 is 0 Å². The first-order valence-electron chi connectivity index (χ1n) is 12.6. The molecule has 0 amide bonds. The minimum atomic E-state index is 0.966. The van der Waals surface area contributed by atoms with Gasteiger partial charge in [0, 0.05) is 32.9 Å². The van der Waals surface area contributed by atoms with Crippen LogP contribution in [0.25, 0.3) is 66.8 Å². The molecule has 0 radical (unpaired) electrons. The topological polar surface area (TPSA) is 33.6 Å². The third-order valence-corrected chi connectivity index (χ3v) is 7.58. The number of rotatable bonds is 2. The van der Waals surface area contributed by atoms with Crippen molar-refractivity contribution in [2.45, 2.75) is 12.8 Å². The zero-order valence-electron chi connectivity index (χ0n) is 19.7. The van der Waals surface area contributed by atoms with E-state index in [1.54, 1.807) is 0 Å². The number of fused-ring (bicyclic) bond motifs is 10. The first-order valence-corrected chi connectivity index (χ1v) is 12.6. The maximum absolute atomic E-state index is 5.21. The van der Waals surface area contributed by atoms with Crippen molar-refractivity contribution in [3.8, 4) is 17.1 Å². The van der Waals surface area contributed by atoms with Crippen LogP contribution in [0.2, 0.25) is 0 Å². The summed E-state index contributed by atoms with van der Waals surface area (Å²) in [5, 5.41) is 5.19. The quantitative estimate of drug-likeness (QED) is 0.275. The number of aromatic nitrogens is 3. The Bertz CT molecular complexity index is 1970. The maximum atomic E-state index is 5.21. The molecule has 2 aromatic heterocycles. The lowest BCUT2D eigenvalue weighted by molar-refractivity contribution is 1.00. The van der Waals surface area contributed by atoms with Crippen LogP contribution in [0.4, 0.5) is 0 Å². The fraction of sp³-hybridized carbons (Fsp3) is 0.0606. The third-order valence-electron chi connectivity index (χ3n) is 7.58. The second kappa shape index (κ2) is 7.43. The predicted octanol–water partition coefficient (Wildman–Crippen LogP) is 8.44. The highest BCUT2D eigenvalue weighted by atomic mass is 15.1. The molecule has 1 aliphatic rings. The van der Waals surface area contributed by atoms with Crippen LogP contribution in [-0.2, 0) is 6.42 Å². The van der Waals surface area contributed by atoms with Crippen molar-refractivity contribution in [3.05, 3.63) is 114 Å².